The van der Waals surface area contributed by atoms with Crippen molar-refractivity contribution in [1.82, 2.24) is 0 Å². The van der Waals surface area contributed by atoms with Crippen LogP contribution in [0.4, 0.5) is 5.69 Å². The van der Waals surface area contributed by atoms with E-state index in [1.165, 1.54) is 11.0 Å². The summed E-state index contributed by atoms with van der Waals surface area (Å²) in [7, 11) is 0. The zero-order valence-corrected chi connectivity index (χ0v) is 22.2. The van der Waals surface area contributed by atoms with Crippen molar-refractivity contribution in [2.45, 2.75) is 32.6 Å². The summed E-state index contributed by atoms with van der Waals surface area (Å²) in [6.45, 7) is 3.75. The summed E-state index contributed by atoms with van der Waals surface area (Å²) < 4.78 is 5.62. The molecule has 0 bridgehead atoms. The molecule has 39 heavy (non-hydrogen) atoms. The second-order valence-corrected chi connectivity index (χ2v) is 10.8. The Hall–Kier alpha value is -3.97. The molecule has 7 nitrogen and oxygen atoms in total. The highest BCUT2D eigenvalue weighted by molar-refractivity contribution is 6.31. The molecule has 0 aromatic heterocycles. The number of aromatic hydroxyl groups is 1. The summed E-state index contributed by atoms with van der Waals surface area (Å²) in [5.41, 5.74) is 2.65. The maximum atomic E-state index is 13.9. The fraction of sp³-hybridized carbons (Fsp3) is 0.290. The number of ether oxygens (including phenoxy) is 1. The third-order valence-corrected chi connectivity index (χ3v) is 8.54. The smallest absolute Gasteiger partial charge is 0.238 e. The molecule has 4 atom stereocenters. The maximum Gasteiger partial charge on any atom is 0.238 e. The van der Waals surface area contributed by atoms with Crippen molar-refractivity contribution in [3.05, 3.63) is 87.5 Å². The molecule has 1 heterocycles. The van der Waals surface area contributed by atoms with Gasteiger partial charge in [-0.1, -0.05) is 35.4 Å². The number of ketones is 2. The molecule has 1 N–H and O–H groups in total. The minimum Gasteiger partial charge on any atom is -0.504 e. The predicted molar refractivity (Wildman–Crippen MR) is 145 cm³/mol. The number of imide groups is 1. The molecular weight excluding hydrogens is 518 g/mol. The van der Waals surface area contributed by atoms with Crippen molar-refractivity contribution in [2.24, 2.45) is 17.8 Å². The van der Waals surface area contributed by atoms with Crippen molar-refractivity contribution in [1.29, 1.82) is 0 Å². The fourth-order valence-corrected chi connectivity index (χ4v) is 6.73. The van der Waals surface area contributed by atoms with Gasteiger partial charge in [0.15, 0.2) is 23.1 Å². The summed E-state index contributed by atoms with van der Waals surface area (Å²) in [6.07, 6.45) is 3.75. The number of amides is 2. The number of phenolic OH excluding ortho intramolecular Hbond substituents is 1. The van der Waals surface area contributed by atoms with Crippen molar-refractivity contribution in [3.63, 3.8) is 0 Å². The molecule has 1 fully saturated rings. The molecule has 198 valence electrons. The number of anilines is 1. The predicted octanol–water partition coefficient (Wildman–Crippen LogP) is 5.08. The van der Waals surface area contributed by atoms with E-state index in [1.54, 1.807) is 56.3 Å². The van der Waals surface area contributed by atoms with Gasteiger partial charge in [0.05, 0.1) is 24.1 Å². The normalized spacial score (nSPS) is 26.2. The quantitative estimate of drug-likeness (QED) is 0.328. The monoisotopic (exact) mass is 543 g/mol. The van der Waals surface area contributed by atoms with E-state index < -0.39 is 23.7 Å². The Balaban J connectivity index is 1.50. The van der Waals surface area contributed by atoms with Gasteiger partial charge in [0, 0.05) is 33.2 Å². The standard InChI is InChI=1S/C31H26ClNO6/c1-3-39-24-6-4-5-19(29(24)36)25-18-11-12-20-26(21(18)14-22-23(34)13-15(2)28(35)27(22)25)31(38)33(30(20)37)17-9-7-16(32)8-10-17/h4-11,13,20-21,25-26,36H,3,12,14H2,1-2H3. The molecule has 4 unspecified atom stereocenters. The highest BCUT2D eigenvalue weighted by atomic mass is 35.5. The van der Waals surface area contributed by atoms with E-state index in [0.29, 0.717) is 46.0 Å². The van der Waals surface area contributed by atoms with Crippen LogP contribution in [-0.4, -0.2) is 35.1 Å². The van der Waals surface area contributed by atoms with E-state index in [1.807, 2.05) is 6.08 Å². The third-order valence-electron chi connectivity index (χ3n) is 8.29. The van der Waals surface area contributed by atoms with Crippen LogP contribution in [0.25, 0.3) is 0 Å². The number of para-hydroxylation sites is 1. The first-order valence-corrected chi connectivity index (χ1v) is 13.4. The first-order valence-electron chi connectivity index (χ1n) is 13.0. The van der Waals surface area contributed by atoms with E-state index in [2.05, 4.69) is 0 Å². The summed E-state index contributed by atoms with van der Waals surface area (Å²) in [6, 6.07) is 11.6. The van der Waals surface area contributed by atoms with Gasteiger partial charge in [-0.25, -0.2) is 0 Å². The van der Waals surface area contributed by atoms with Crippen LogP contribution < -0.4 is 9.64 Å². The number of rotatable bonds is 4. The second-order valence-electron chi connectivity index (χ2n) is 10.3. The second kappa shape index (κ2) is 9.35. The number of benzene rings is 2. The van der Waals surface area contributed by atoms with Crippen molar-refractivity contribution < 1.29 is 29.0 Å². The molecule has 2 amide bonds. The Kier molecular flexibility index (Phi) is 6.07. The van der Waals surface area contributed by atoms with Gasteiger partial charge in [-0.15, -0.1) is 0 Å². The Morgan fingerprint density at radius 3 is 2.49 bits per heavy atom. The van der Waals surface area contributed by atoms with Gasteiger partial charge in [-0.2, -0.15) is 0 Å². The van der Waals surface area contributed by atoms with Gasteiger partial charge in [0.1, 0.15) is 0 Å². The van der Waals surface area contributed by atoms with Crippen LogP contribution in [0.1, 0.15) is 38.2 Å². The summed E-state index contributed by atoms with van der Waals surface area (Å²) in [5, 5.41) is 11.7. The zero-order chi connectivity index (χ0) is 27.6. The number of allylic oxidation sites excluding steroid dienone is 6. The summed E-state index contributed by atoms with van der Waals surface area (Å²) >= 11 is 6.03. The fourth-order valence-electron chi connectivity index (χ4n) is 6.61. The molecule has 6 rings (SSSR count). The van der Waals surface area contributed by atoms with Crippen LogP contribution in [0, 0.1) is 17.8 Å². The Morgan fingerprint density at radius 2 is 1.77 bits per heavy atom. The van der Waals surface area contributed by atoms with Crippen LogP contribution in [0.2, 0.25) is 5.02 Å². The van der Waals surface area contributed by atoms with Crippen LogP contribution >= 0.6 is 11.6 Å². The number of hydrogen-bond donors (Lipinski definition) is 1. The lowest BCUT2D eigenvalue weighted by molar-refractivity contribution is -0.123. The summed E-state index contributed by atoms with van der Waals surface area (Å²) in [5.74, 6) is -3.50. The average molecular weight is 544 g/mol. The van der Waals surface area contributed by atoms with E-state index in [4.69, 9.17) is 16.3 Å². The molecule has 0 radical (unpaired) electrons. The van der Waals surface area contributed by atoms with Gasteiger partial charge >= 0.3 is 0 Å². The minimum atomic E-state index is -0.743. The van der Waals surface area contributed by atoms with Crippen molar-refractivity contribution in [2.75, 3.05) is 11.5 Å². The lowest BCUT2D eigenvalue weighted by Crippen LogP contribution is -2.39. The van der Waals surface area contributed by atoms with Crippen LogP contribution in [0.15, 0.2) is 76.9 Å². The lowest BCUT2D eigenvalue weighted by Gasteiger charge is -2.42. The number of carbonyl (C=O) groups is 4. The van der Waals surface area contributed by atoms with Gasteiger partial charge in [0.25, 0.3) is 0 Å². The van der Waals surface area contributed by atoms with E-state index >= 15 is 0 Å². The van der Waals surface area contributed by atoms with Gasteiger partial charge in [0.2, 0.25) is 11.8 Å². The van der Waals surface area contributed by atoms with Crippen LogP contribution in [-0.2, 0) is 19.2 Å². The topological polar surface area (TPSA) is 101 Å². The maximum absolute atomic E-state index is 13.9. The van der Waals surface area contributed by atoms with Crippen molar-refractivity contribution in [3.8, 4) is 11.5 Å². The number of hydrogen-bond acceptors (Lipinski definition) is 6. The van der Waals surface area contributed by atoms with Gasteiger partial charge in [-0.3, -0.25) is 24.1 Å². The van der Waals surface area contributed by atoms with E-state index in [9.17, 15) is 24.3 Å². The molecule has 1 aliphatic heterocycles. The van der Waals surface area contributed by atoms with Crippen LogP contribution in [0.3, 0.4) is 0 Å². The first-order chi connectivity index (χ1) is 18.7. The number of Topliss-reactive ketones (excluding diaryl/α,β-unsaturated/α-hetero) is 1. The molecule has 2 aromatic carbocycles. The number of fused-ring (bicyclic) bond motifs is 3. The first kappa shape index (κ1) is 25.3. The van der Waals surface area contributed by atoms with E-state index in [0.717, 1.165) is 5.57 Å². The molecular formula is C31H26ClNO6. The van der Waals surface area contributed by atoms with Crippen LogP contribution in [0.5, 0.6) is 11.5 Å². The zero-order valence-electron chi connectivity index (χ0n) is 21.4. The Labute approximate surface area is 230 Å². The van der Waals surface area contributed by atoms with Crippen molar-refractivity contribution >= 4 is 40.7 Å². The number of phenols is 1. The Morgan fingerprint density at radius 1 is 1.03 bits per heavy atom. The largest absolute Gasteiger partial charge is 0.504 e. The van der Waals surface area contributed by atoms with Gasteiger partial charge in [-0.05, 0) is 69.0 Å². The molecule has 0 spiro atoms. The third kappa shape index (κ3) is 3.79. The number of carbonyl (C=O) groups excluding carboxylic acids is 4. The number of nitrogens with zero attached hydrogens (tertiary/aromatic N) is 1. The molecule has 2 aromatic rings. The number of halogens is 1. The molecule has 3 aliphatic carbocycles. The molecule has 1 saturated heterocycles. The summed E-state index contributed by atoms with van der Waals surface area (Å²) in [4.78, 5) is 55.4. The average Bonchev–Trinajstić information content (AvgIpc) is 3.18. The molecule has 8 heteroatoms. The SMILES string of the molecule is CCOc1cccc(C2C3=CCC4C(=O)N(c5ccc(Cl)cc5)C(=O)C4C3CC3=C2C(=O)C(C)=CC3=O)c1O. The highest BCUT2D eigenvalue weighted by Crippen LogP contribution is 2.57. The Bertz CT molecular complexity index is 1550. The van der Waals surface area contributed by atoms with E-state index in [-0.39, 0.29) is 41.3 Å². The highest BCUT2D eigenvalue weighted by Gasteiger charge is 2.56. The minimum absolute atomic E-state index is 0.107. The molecule has 4 aliphatic rings. The lowest BCUT2D eigenvalue weighted by atomic mass is 9.59. The van der Waals surface area contributed by atoms with Gasteiger partial charge < -0.3 is 9.84 Å². The molecule has 0 saturated carbocycles.